The Morgan fingerprint density at radius 1 is 1.57 bits per heavy atom. The maximum Gasteiger partial charge on any atom is 0.223 e. The number of aliphatic hydroxyl groups is 1. The van der Waals surface area contributed by atoms with Gasteiger partial charge in [0.25, 0.3) is 0 Å². The number of hydrogen-bond acceptors (Lipinski definition) is 2. The van der Waals surface area contributed by atoms with Crippen molar-refractivity contribution in [1.29, 1.82) is 0 Å². The predicted octanol–water partition coefficient (Wildman–Crippen LogP) is 1.31. The number of piperidine rings is 1. The topological polar surface area (TPSA) is 49.3 Å². The van der Waals surface area contributed by atoms with E-state index in [4.69, 9.17) is 0 Å². The Kier molecular flexibility index (Phi) is 3.53. The van der Waals surface area contributed by atoms with Crippen LogP contribution in [0.2, 0.25) is 0 Å². The maximum atomic E-state index is 11.4. The summed E-state index contributed by atoms with van der Waals surface area (Å²) >= 11 is 0. The molecule has 1 heterocycles. The zero-order valence-corrected chi connectivity index (χ0v) is 9.34. The minimum Gasteiger partial charge on any atom is -0.393 e. The molecule has 0 aromatic rings. The molecule has 2 N–H and O–H groups in total. The number of carbonyl (C=O) groups excluding carboxylic acids is 1. The standard InChI is InChI=1S/C11H21NO2/c1-11(2,3)9(13)7-8-5-4-6-12-10(8)14/h8-9,13H,4-7H2,1-3H3,(H,12,14). The van der Waals surface area contributed by atoms with Crippen LogP contribution < -0.4 is 5.32 Å². The Morgan fingerprint density at radius 2 is 2.21 bits per heavy atom. The predicted molar refractivity (Wildman–Crippen MR) is 55.8 cm³/mol. The second kappa shape index (κ2) is 4.30. The highest BCUT2D eigenvalue weighted by Crippen LogP contribution is 2.27. The summed E-state index contributed by atoms with van der Waals surface area (Å²) in [6.45, 7) is 6.79. The summed E-state index contributed by atoms with van der Waals surface area (Å²) in [4.78, 5) is 11.4. The molecule has 1 amide bonds. The van der Waals surface area contributed by atoms with Crippen molar-refractivity contribution in [3.05, 3.63) is 0 Å². The molecule has 2 atom stereocenters. The van der Waals surface area contributed by atoms with E-state index < -0.39 is 6.10 Å². The number of rotatable bonds is 2. The number of hydrogen-bond donors (Lipinski definition) is 2. The molecule has 1 aliphatic heterocycles. The van der Waals surface area contributed by atoms with Crippen molar-refractivity contribution in [2.24, 2.45) is 11.3 Å². The summed E-state index contributed by atoms with van der Waals surface area (Å²) in [7, 11) is 0. The van der Waals surface area contributed by atoms with Crippen LogP contribution in [0.3, 0.4) is 0 Å². The van der Waals surface area contributed by atoms with Crippen LogP contribution in [0.15, 0.2) is 0 Å². The molecule has 0 bridgehead atoms. The normalized spacial score (nSPS) is 25.7. The van der Waals surface area contributed by atoms with Gasteiger partial charge in [0, 0.05) is 12.5 Å². The van der Waals surface area contributed by atoms with Crippen LogP contribution >= 0.6 is 0 Å². The first-order chi connectivity index (χ1) is 6.41. The minimum absolute atomic E-state index is 0.0120. The van der Waals surface area contributed by atoms with Crippen molar-refractivity contribution in [3.8, 4) is 0 Å². The van der Waals surface area contributed by atoms with Gasteiger partial charge in [0.2, 0.25) is 5.91 Å². The third-order valence-electron chi connectivity index (χ3n) is 2.91. The van der Waals surface area contributed by atoms with Crippen LogP contribution in [0.25, 0.3) is 0 Å². The molecule has 1 fully saturated rings. The molecule has 0 aromatic heterocycles. The molecule has 14 heavy (non-hydrogen) atoms. The Bertz CT molecular complexity index is 208. The Hall–Kier alpha value is -0.570. The van der Waals surface area contributed by atoms with Crippen molar-refractivity contribution < 1.29 is 9.90 Å². The van der Waals surface area contributed by atoms with E-state index in [1.807, 2.05) is 20.8 Å². The molecule has 0 spiro atoms. The van der Waals surface area contributed by atoms with Crippen LogP contribution in [0.5, 0.6) is 0 Å². The molecule has 2 unspecified atom stereocenters. The van der Waals surface area contributed by atoms with E-state index in [1.54, 1.807) is 0 Å². The molecule has 82 valence electrons. The van der Waals surface area contributed by atoms with Gasteiger partial charge in [0.05, 0.1) is 6.10 Å². The Morgan fingerprint density at radius 3 is 2.71 bits per heavy atom. The summed E-state index contributed by atoms with van der Waals surface area (Å²) in [5.74, 6) is 0.123. The van der Waals surface area contributed by atoms with Gasteiger partial charge >= 0.3 is 0 Å². The van der Waals surface area contributed by atoms with Crippen molar-refractivity contribution in [1.82, 2.24) is 5.32 Å². The van der Waals surface area contributed by atoms with Crippen molar-refractivity contribution in [2.45, 2.75) is 46.1 Å². The fourth-order valence-electron chi connectivity index (χ4n) is 1.68. The monoisotopic (exact) mass is 199 g/mol. The molecule has 0 aliphatic carbocycles. The Balaban J connectivity index is 2.46. The van der Waals surface area contributed by atoms with Crippen LogP contribution in [-0.4, -0.2) is 23.7 Å². The van der Waals surface area contributed by atoms with E-state index in [-0.39, 0.29) is 17.2 Å². The number of carbonyl (C=O) groups is 1. The highest BCUT2D eigenvalue weighted by atomic mass is 16.3. The number of nitrogens with one attached hydrogen (secondary N) is 1. The Labute approximate surface area is 85.9 Å². The summed E-state index contributed by atoms with van der Waals surface area (Å²) in [6.07, 6.45) is 2.15. The SMILES string of the molecule is CC(C)(C)C(O)CC1CCCNC1=O. The second-order valence-electron chi connectivity index (χ2n) is 5.25. The summed E-state index contributed by atoms with van der Waals surface area (Å²) in [5, 5.41) is 12.7. The van der Waals surface area contributed by atoms with Crippen LogP contribution in [0.4, 0.5) is 0 Å². The maximum absolute atomic E-state index is 11.4. The van der Waals surface area contributed by atoms with Gasteiger partial charge in [-0.25, -0.2) is 0 Å². The van der Waals surface area contributed by atoms with E-state index in [2.05, 4.69) is 5.32 Å². The molecule has 1 rings (SSSR count). The molecular formula is C11H21NO2. The van der Waals surface area contributed by atoms with E-state index >= 15 is 0 Å². The lowest BCUT2D eigenvalue weighted by Gasteiger charge is -2.30. The minimum atomic E-state index is -0.392. The van der Waals surface area contributed by atoms with Crippen LogP contribution in [0, 0.1) is 11.3 Å². The zero-order valence-electron chi connectivity index (χ0n) is 9.34. The fraction of sp³-hybridized carbons (Fsp3) is 0.909. The summed E-state index contributed by atoms with van der Waals surface area (Å²) in [6, 6.07) is 0. The molecule has 3 heteroatoms. The van der Waals surface area contributed by atoms with Gasteiger partial charge in [-0.15, -0.1) is 0 Å². The fourth-order valence-corrected chi connectivity index (χ4v) is 1.68. The molecule has 3 nitrogen and oxygen atoms in total. The van der Waals surface area contributed by atoms with Gasteiger partial charge in [-0.2, -0.15) is 0 Å². The van der Waals surface area contributed by atoms with Crippen molar-refractivity contribution in [2.75, 3.05) is 6.54 Å². The summed E-state index contributed by atoms with van der Waals surface area (Å²) in [5.41, 5.74) is -0.127. The summed E-state index contributed by atoms with van der Waals surface area (Å²) < 4.78 is 0. The van der Waals surface area contributed by atoms with Crippen molar-refractivity contribution in [3.63, 3.8) is 0 Å². The lowest BCUT2D eigenvalue weighted by atomic mass is 9.81. The molecule has 0 radical (unpaired) electrons. The smallest absolute Gasteiger partial charge is 0.223 e. The first kappa shape index (κ1) is 11.5. The van der Waals surface area contributed by atoms with Gasteiger partial charge in [-0.05, 0) is 24.7 Å². The van der Waals surface area contributed by atoms with Gasteiger partial charge in [0.1, 0.15) is 0 Å². The average Bonchev–Trinajstić information content (AvgIpc) is 2.07. The largest absolute Gasteiger partial charge is 0.393 e. The van der Waals surface area contributed by atoms with E-state index in [0.717, 1.165) is 19.4 Å². The lowest BCUT2D eigenvalue weighted by molar-refractivity contribution is -0.128. The molecule has 1 saturated heterocycles. The van der Waals surface area contributed by atoms with E-state index in [1.165, 1.54) is 0 Å². The zero-order chi connectivity index (χ0) is 10.8. The van der Waals surface area contributed by atoms with Gasteiger partial charge < -0.3 is 10.4 Å². The first-order valence-electron chi connectivity index (χ1n) is 5.37. The average molecular weight is 199 g/mol. The second-order valence-corrected chi connectivity index (χ2v) is 5.25. The van der Waals surface area contributed by atoms with E-state index in [9.17, 15) is 9.90 Å². The van der Waals surface area contributed by atoms with Crippen LogP contribution in [0.1, 0.15) is 40.0 Å². The number of aliphatic hydroxyl groups excluding tert-OH is 1. The highest BCUT2D eigenvalue weighted by molar-refractivity contribution is 5.79. The number of amides is 1. The van der Waals surface area contributed by atoms with E-state index in [0.29, 0.717) is 6.42 Å². The first-order valence-corrected chi connectivity index (χ1v) is 5.37. The van der Waals surface area contributed by atoms with Gasteiger partial charge in [-0.1, -0.05) is 20.8 Å². The van der Waals surface area contributed by atoms with Gasteiger partial charge in [-0.3, -0.25) is 4.79 Å². The quantitative estimate of drug-likeness (QED) is 0.704. The van der Waals surface area contributed by atoms with Crippen LogP contribution in [-0.2, 0) is 4.79 Å². The third kappa shape index (κ3) is 2.98. The van der Waals surface area contributed by atoms with Crippen molar-refractivity contribution >= 4 is 5.91 Å². The third-order valence-corrected chi connectivity index (χ3v) is 2.91. The molecule has 0 saturated carbocycles. The van der Waals surface area contributed by atoms with Gasteiger partial charge in [0.15, 0.2) is 0 Å². The molecular weight excluding hydrogens is 178 g/mol. The highest BCUT2D eigenvalue weighted by Gasteiger charge is 2.30. The molecule has 1 aliphatic rings. The molecule has 0 aromatic carbocycles. The lowest BCUT2D eigenvalue weighted by Crippen LogP contribution is -2.40.